The van der Waals surface area contributed by atoms with Gasteiger partial charge in [0.2, 0.25) is 11.6 Å². The molecule has 248 valence electrons. The van der Waals surface area contributed by atoms with E-state index in [0.717, 1.165) is 29.7 Å². The number of rotatable bonds is 11. The average Bonchev–Trinajstić information content (AvgIpc) is 3.61. The Bertz CT molecular complexity index is 1500. The SMILES string of the molecule is CC(=O)O[C@@H](C)/C=C\C(=O)N[C@@H]1C[C@H](C)[C@H](C/C=C(C)/C=C/[C@@H]2C[C@]3(CO3)C[C@@H](CC(=O)On3nnc4cccnc43)O2)O[C@@H]1C. The van der Waals surface area contributed by atoms with Crippen molar-refractivity contribution in [1.29, 1.82) is 0 Å². The molecule has 3 aliphatic rings. The molecule has 2 aromatic heterocycles. The second-order valence-corrected chi connectivity index (χ2v) is 12.6. The van der Waals surface area contributed by atoms with Crippen molar-refractivity contribution in [1.82, 2.24) is 25.5 Å². The van der Waals surface area contributed by atoms with Gasteiger partial charge in [-0.1, -0.05) is 30.7 Å². The van der Waals surface area contributed by atoms with Crippen molar-refractivity contribution in [3.63, 3.8) is 0 Å². The number of fused-ring (bicyclic) bond motifs is 1. The van der Waals surface area contributed by atoms with Crippen LogP contribution in [0.5, 0.6) is 0 Å². The highest BCUT2D eigenvalue weighted by molar-refractivity contribution is 5.87. The number of hydrogen-bond donors (Lipinski definition) is 1. The maximum Gasteiger partial charge on any atom is 0.337 e. The van der Waals surface area contributed by atoms with Crippen LogP contribution in [0.25, 0.3) is 11.2 Å². The van der Waals surface area contributed by atoms with Gasteiger partial charge in [-0.05, 0) is 67.8 Å². The van der Waals surface area contributed by atoms with E-state index in [4.69, 9.17) is 23.8 Å². The molecule has 13 heteroatoms. The molecule has 1 spiro atoms. The van der Waals surface area contributed by atoms with Crippen LogP contribution in [0.3, 0.4) is 0 Å². The first kappa shape index (κ1) is 33.4. The van der Waals surface area contributed by atoms with Gasteiger partial charge >= 0.3 is 11.9 Å². The number of allylic oxidation sites excluding steroid dienone is 2. The molecule has 0 aliphatic carbocycles. The van der Waals surface area contributed by atoms with E-state index in [1.54, 1.807) is 31.3 Å². The van der Waals surface area contributed by atoms with E-state index in [9.17, 15) is 14.4 Å². The van der Waals surface area contributed by atoms with Crippen LogP contribution in [-0.4, -0.2) is 86.8 Å². The minimum absolute atomic E-state index is 0.0211. The van der Waals surface area contributed by atoms with Gasteiger partial charge in [-0.25, -0.2) is 9.78 Å². The lowest BCUT2D eigenvalue weighted by Gasteiger charge is -2.39. The molecule has 2 aromatic rings. The number of epoxide rings is 1. The van der Waals surface area contributed by atoms with Gasteiger partial charge in [-0.3, -0.25) is 9.59 Å². The van der Waals surface area contributed by atoms with E-state index in [1.165, 1.54) is 13.0 Å². The number of amides is 1. The van der Waals surface area contributed by atoms with Crippen LogP contribution < -0.4 is 10.2 Å². The molecule has 5 rings (SSSR count). The Hall–Kier alpha value is -3.94. The van der Waals surface area contributed by atoms with Crippen molar-refractivity contribution in [2.45, 2.75) is 109 Å². The van der Waals surface area contributed by atoms with Crippen molar-refractivity contribution in [3.8, 4) is 0 Å². The van der Waals surface area contributed by atoms with E-state index in [1.807, 2.05) is 26.0 Å². The summed E-state index contributed by atoms with van der Waals surface area (Å²) < 4.78 is 23.4. The molecule has 8 atom stereocenters. The molecule has 0 radical (unpaired) electrons. The summed E-state index contributed by atoms with van der Waals surface area (Å²) in [5, 5.41) is 10.8. The Morgan fingerprint density at radius 1 is 1.20 bits per heavy atom. The summed E-state index contributed by atoms with van der Waals surface area (Å²) in [5.41, 5.74) is 1.72. The van der Waals surface area contributed by atoms with Crippen LogP contribution in [0.1, 0.15) is 66.7 Å². The maximum atomic E-state index is 12.7. The monoisotopic (exact) mass is 637 g/mol. The largest absolute Gasteiger partial charge is 0.459 e. The molecule has 0 bridgehead atoms. The van der Waals surface area contributed by atoms with Gasteiger partial charge in [-0.2, -0.15) is 0 Å². The number of nitrogens with one attached hydrogen (secondary N) is 1. The van der Waals surface area contributed by atoms with Crippen LogP contribution in [0.15, 0.2) is 54.3 Å². The Labute approximate surface area is 268 Å². The zero-order chi connectivity index (χ0) is 32.8. The lowest BCUT2D eigenvalue weighted by molar-refractivity contribution is -0.152. The number of carbonyl (C=O) groups excluding carboxylic acids is 3. The molecule has 3 saturated heterocycles. The number of hydrogen-bond acceptors (Lipinski definition) is 11. The number of ether oxygens (including phenoxy) is 4. The first-order chi connectivity index (χ1) is 22.0. The number of pyridine rings is 1. The van der Waals surface area contributed by atoms with E-state index in [-0.39, 0.29) is 54.3 Å². The lowest BCUT2D eigenvalue weighted by atomic mass is 9.88. The fourth-order valence-electron chi connectivity index (χ4n) is 6.00. The summed E-state index contributed by atoms with van der Waals surface area (Å²) in [7, 11) is 0. The summed E-state index contributed by atoms with van der Waals surface area (Å²) in [4.78, 5) is 46.8. The quantitative estimate of drug-likeness (QED) is 0.127. The molecule has 0 unspecified atom stereocenters. The second-order valence-electron chi connectivity index (χ2n) is 12.6. The van der Waals surface area contributed by atoms with Crippen LogP contribution in [0.2, 0.25) is 0 Å². The third kappa shape index (κ3) is 9.08. The molecule has 3 aliphatic heterocycles. The molecule has 1 N–H and O–H groups in total. The molecule has 13 nitrogen and oxygen atoms in total. The van der Waals surface area contributed by atoms with Gasteiger partial charge in [0, 0.05) is 32.0 Å². The molecule has 46 heavy (non-hydrogen) atoms. The maximum absolute atomic E-state index is 12.7. The molecular weight excluding hydrogens is 594 g/mol. The Morgan fingerprint density at radius 3 is 2.76 bits per heavy atom. The third-order valence-corrected chi connectivity index (χ3v) is 8.52. The minimum Gasteiger partial charge on any atom is -0.459 e. The van der Waals surface area contributed by atoms with Gasteiger partial charge in [0.15, 0.2) is 0 Å². The Morgan fingerprint density at radius 2 is 2.00 bits per heavy atom. The predicted molar refractivity (Wildman–Crippen MR) is 166 cm³/mol. The van der Waals surface area contributed by atoms with Crippen LogP contribution in [0.4, 0.5) is 0 Å². The van der Waals surface area contributed by atoms with Crippen LogP contribution >= 0.6 is 0 Å². The standard InChI is InChI=1S/C33H43N5O8/c1-20(9-12-29-21(2)15-28(23(4)44-29)35-30(40)13-10-22(3)43-24(5)39)8-11-25-17-33(19-42-33)18-26(45-25)16-31(41)46-38-32-27(36-37-38)7-6-14-34-32/h6-11,13-14,21-23,25-26,28-29H,12,15-19H2,1-5H3,(H,35,40)/b11-8+,13-10-,20-9+/t21-,22-,23+,25+,26+,28+,29-,33+/m0/s1. The van der Waals surface area contributed by atoms with E-state index in [2.05, 4.69) is 33.6 Å². The molecule has 3 fully saturated rings. The Kier molecular flexibility index (Phi) is 10.6. The third-order valence-electron chi connectivity index (χ3n) is 8.52. The van der Waals surface area contributed by atoms with Gasteiger partial charge < -0.3 is 29.1 Å². The smallest absolute Gasteiger partial charge is 0.337 e. The second kappa shape index (κ2) is 14.7. The topological polar surface area (TPSA) is 156 Å². The van der Waals surface area contributed by atoms with Crippen molar-refractivity contribution in [3.05, 3.63) is 54.3 Å². The fourth-order valence-corrected chi connectivity index (χ4v) is 6.00. The summed E-state index contributed by atoms with van der Waals surface area (Å²) in [6.07, 6.45) is 12.5. The lowest BCUT2D eigenvalue weighted by Crippen LogP contribution is -2.50. The normalized spacial score (nSPS) is 30.5. The van der Waals surface area contributed by atoms with E-state index in [0.29, 0.717) is 24.2 Å². The number of carbonyl (C=O) groups is 3. The van der Waals surface area contributed by atoms with Crippen LogP contribution in [0, 0.1) is 5.92 Å². The number of nitrogens with zero attached hydrogens (tertiary/aromatic N) is 4. The van der Waals surface area contributed by atoms with Gasteiger partial charge in [0.1, 0.15) is 11.6 Å². The minimum atomic E-state index is -0.484. The summed E-state index contributed by atoms with van der Waals surface area (Å²) in [6.45, 7) is 9.83. The Balaban J connectivity index is 1.09. The van der Waals surface area contributed by atoms with Gasteiger partial charge in [0.05, 0.1) is 49.1 Å². The van der Waals surface area contributed by atoms with E-state index < -0.39 is 18.0 Å². The predicted octanol–water partition coefficient (Wildman–Crippen LogP) is 3.19. The van der Waals surface area contributed by atoms with Crippen molar-refractivity contribution >= 4 is 29.0 Å². The first-order valence-electron chi connectivity index (χ1n) is 15.8. The first-order valence-corrected chi connectivity index (χ1v) is 15.8. The summed E-state index contributed by atoms with van der Waals surface area (Å²) >= 11 is 0. The summed E-state index contributed by atoms with van der Waals surface area (Å²) in [6, 6.07) is 3.36. The highest BCUT2D eigenvalue weighted by Crippen LogP contribution is 2.43. The van der Waals surface area contributed by atoms with Gasteiger partial charge in [-0.15, -0.1) is 5.10 Å². The number of esters is 1. The fraction of sp³-hybridized carbons (Fsp3) is 0.576. The number of aromatic nitrogens is 4. The zero-order valence-electron chi connectivity index (χ0n) is 27.0. The summed E-state index contributed by atoms with van der Waals surface area (Å²) in [5.74, 6) is -0.883. The zero-order valence-corrected chi connectivity index (χ0v) is 27.0. The van der Waals surface area contributed by atoms with Crippen molar-refractivity contribution in [2.24, 2.45) is 5.92 Å². The average molecular weight is 638 g/mol. The molecule has 5 heterocycles. The molecular formula is C33H43N5O8. The molecule has 0 saturated carbocycles. The van der Waals surface area contributed by atoms with Crippen LogP contribution in [-0.2, 0) is 33.3 Å². The van der Waals surface area contributed by atoms with Gasteiger partial charge in [0.25, 0.3) is 0 Å². The highest BCUT2D eigenvalue weighted by atomic mass is 16.7. The molecule has 1 amide bonds. The van der Waals surface area contributed by atoms with E-state index >= 15 is 0 Å². The van der Waals surface area contributed by atoms with Crippen molar-refractivity contribution in [2.75, 3.05) is 6.61 Å². The van der Waals surface area contributed by atoms with Crippen molar-refractivity contribution < 1.29 is 38.2 Å². The highest BCUT2D eigenvalue weighted by Gasteiger charge is 2.51. The molecule has 0 aromatic carbocycles.